The number of halogens is 2. The highest BCUT2D eigenvalue weighted by atomic mass is 35.5. The first kappa shape index (κ1) is 15.2. The zero-order valence-electron chi connectivity index (χ0n) is 8.15. The van der Waals surface area contributed by atoms with Crippen LogP contribution in [0.25, 0.3) is 0 Å². The SMILES string of the molecule is Cl.Cl.Cn1ccc(C(C)(C)CN)n1. The Hall–Kier alpha value is -0.250. The van der Waals surface area contributed by atoms with Crippen molar-refractivity contribution in [2.75, 3.05) is 6.54 Å². The van der Waals surface area contributed by atoms with Crippen LogP contribution in [0.2, 0.25) is 0 Å². The van der Waals surface area contributed by atoms with Gasteiger partial charge >= 0.3 is 0 Å². The molecule has 1 rings (SSSR count). The maximum Gasteiger partial charge on any atom is 0.0693 e. The Morgan fingerprint density at radius 1 is 1.46 bits per heavy atom. The molecule has 0 spiro atoms. The molecule has 0 saturated carbocycles. The molecule has 5 heteroatoms. The molecule has 1 aromatic rings. The van der Waals surface area contributed by atoms with Crippen LogP contribution >= 0.6 is 24.8 Å². The predicted octanol–water partition coefficient (Wildman–Crippen LogP) is 1.50. The highest BCUT2D eigenvalue weighted by Gasteiger charge is 2.20. The van der Waals surface area contributed by atoms with Crippen LogP contribution in [0.15, 0.2) is 12.3 Å². The Balaban J connectivity index is 0. The van der Waals surface area contributed by atoms with Gasteiger partial charge in [0, 0.05) is 25.2 Å². The molecule has 0 radical (unpaired) electrons. The molecule has 0 aliphatic carbocycles. The van der Waals surface area contributed by atoms with E-state index in [1.165, 1.54) is 0 Å². The van der Waals surface area contributed by atoms with E-state index in [1.54, 1.807) is 4.68 Å². The van der Waals surface area contributed by atoms with E-state index < -0.39 is 0 Å². The molecular formula is C8H17Cl2N3. The van der Waals surface area contributed by atoms with Crippen molar-refractivity contribution in [3.63, 3.8) is 0 Å². The average molecular weight is 226 g/mol. The molecule has 0 amide bonds. The summed E-state index contributed by atoms with van der Waals surface area (Å²) in [4.78, 5) is 0. The van der Waals surface area contributed by atoms with Gasteiger partial charge in [-0.05, 0) is 6.07 Å². The van der Waals surface area contributed by atoms with Gasteiger partial charge in [-0.25, -0.2) is 0 Å². The van der Waals surface area contributed by atoms with E-state index in [1.807, 2.05) is 19.3 Å². The summed E-state index contributed by atoms with van der Waals surface area (Å²) in [6.45, 7) is 4.81. The van der Waals surface area contributed by atoms with Crippen LogP contribution in [0.5, 0.6) is 0 Å². The Bertz CT molecular complexity index is 245. The van der Waals surface area contributed by atoms with Gasteiger partial charge < -0.3 is 5.73 Å². The van der Waals surface area contributed by atoms with E-state index in [9.17, 15) is 0 Å². The molecule has 0 aromatic carbocycles. The molecule has 2 N–H and O–H groups in total. The van der Waals surface area contributed by atoms with Gasteiger partial charge in [0.15, 0.2) is 0 Å². The van der Waals surface area contributed by atoms with E-state index in [4.69, 9.17) is 5.73 Å². The van der Waals surface area contributed by atoms with Gasteiger partial charge in [-0.3, -0.25) is 4.68 Å². The molecule has 0 aliphatic rings. The molecule has 0 atom stereocenters. The first-order chi connectivity index (χ1) is 5.06. The van der Waals surface area contributed by atoms with Crippen LogP contribution in [-0.4, -0.2) is 16.3 Å². The molecule has 3 nitrogen and oxygen atoms in total. The third-order valence-corrected chi connectivity index (χ3v) is 1.92. The van der Waals surface area contributed by atoms with E-state index in [0.717, 1.165) is 5.69 Å². The fourth-order valence-corrected chi connectivity index (χ4v) is 0.881. The predicted molar refractivity (Wildman–Crippen MR) is 59.8 cm³/mol. The van der Waals surface area contributed by atoms with Crippen LogP contribution in [0, 0.1) is 0 Å². The second-order valence-electron chi connectivity index (χ2n) is 3.46. The van der Waals surface area contributed by atoms with Crippen molar-refractivity contribution in [1.82, 2.24) is 9.78 Å². The number of hydrogen-bond donors (Lipinski definition) is 1. The van der Waals surface area contributed by atoms with Crippen LogP contribution in [0.3, 0.4) is 0 Å². The zero-order chi connectivity index (χ0) is 8.48. The van der Waals surface area contributed by atoms with E-state index in [2.05, 4.69) is 18.9 Å². The van der Waals surface area contributed by atoms with E-state index >= 15 is 0 Å². The lowest BCUT2D eigenvalue weighted by Gasteiger charge is -2.18. The zero-order valence-corrected chi connectivity index (χ0v) is 9.78. The van der Waals surface area contributed by atoms with Gasteiger partial charge in [-0.1, -0.05) is 13.8 Å². The fourth-order valence-electron chi connectivity index (χ4n) is 0.881. The minimum Gasteiger partial charge on any atom is -0.330 e. The molecule has 0 unspecified atom stereocenters. The summed E-state index contributed by atoms with van der Waals surface area (Å²) >= 11 is 0. The minimum absolute atomic E-state index is 0. The number of aryl methyl sites for hydroxylation is 1. The molecule has 0 saturated heterocycles. The lowest BCUT2D eigenvalue weighted by atomic mass is 9.90. The molecule has 0 aliphatic heterocycles. The molecular weight excluding hydrogens is 209 g/mol. The largest absolute Gasteiger partial charge is 0.330 e. The smallest absolute Gasteiger partial charge is 0.0693 e. The second-order valence-corrected chi connectivity index (χ2v) is 3.46. The maximum absolute atomic E-state index is 5.60. The fraction of sp³-hybridized carbons (Fsp3) is 0.625. The second kappa shape index (κ2) is 5.47. The number of rotatable bonds is 2. The maximum atomic E-state index is 5.60. The average Bonchev–Trinajstić information content (AvgIpc) is 2.36. The van der Waals surface area contributed by atoms with Gasteiger partial charge in [-0.15, -0.1) is 24.8 Å². The highest BCUT2D eigenvalue weighted by Crippen LogP contribution is 2.18. The van der Waals surface area contributed by atoms with Crippen molar-refractivity contribution >= 4 is 24.8 Å². The standard InChI is InChI=1S/C8H15N3.2ClH/c1-8(2,6-9)7-4-5-11(3)10-7;;/h4-5H,6,9H2,1-3H3;2*1H. The number of hydrogen-bond acceptors (Lipinski definition) is 2. The van der Waals surface area contributed by atoms with Crippen LogP contribution in [-0.2, 0) is 12.5 Å². The Morgan fingerprint density at radius 2 is 2.00 bits per heavy atom. The summed E-state index contributed by atoms with van der Waals surface area (Å²) in [7, 11) is 1.91. The van der Waals surface area contributed by atoms with Crippen molar-refractivity contribution in [2.45, 2.75) is 19.3 Å². The van der Waals surface area contributed by atoms with Crippen molar-refractivity contribution < 1.29 is 0 Å². The quantitative estimate of drug-likeness (QED) is 0.830. The van der Waals surface area contributed by atoms with Crippen molar-refractivity contribution in [1.29, 1.82) is 0 Å². The monoisotopic (exact) mass is 225 g/mol. The van der Waals surface area contributed by atoms with Gasteiger partial charge in [0.1, 0.15) is 0 Å². The Labute approximate surface area is 91.5 Å². The van der Waals surface area contributed by atoms with Crippen molar-refractivity contribution in [3.8, 4) is 0 Å². The summed E-state index contributed by atoms with van der Waals surface area (Å²) in [6.07, 6.45) is 1.94. The van der Waals surface area contributed by atoms with Gasteiger partial charge in [-0.2, -0.15) is 5.10 Å². The highest BCUT2D eigenvalue weighted by molar-refractivity contribution is 5.85. The summed E-state index contributed by atoms with van der Waals surface area (Å²) in [5.41, 5.74) is 6.66. The van der Waals surface area contributed by atoms with Gasteiger partial charge in [0.2, 0.25) is 0 Å². The first-order valence-electron chi connectivity index (χ1n) is 3.76. The van der Waals surface area contributed by atoms with Crippen LogP contribution in [0.1, 0.15) is 19.5 Å². The van der Waals surface area contributed by atoms with Crippen LogP contribution < -0.4 is 5.73 Å². The molecule has 1 heterocycles. The molecule has 78 valence electrons. The summed E-state index contributed by atoms with van der Waals surface area (Å²) in [6, 6.07) is 2.01. The van der Waals surface area contributed by atoms with E-state index in [0.29, 0.717) is 6.54 Å². The Morgan fingerprint density at radius 3 is 2.31 bits per heavy atom. The summed E-state index contributed by atoms with van der Waals surface area (Å²) < 4.78 is 1.80. The molecule has 1 aromatic heterocycles. The first-order valence-corrected chi connectivity index (χ1v) is 3.76. The van der Waals surface area contributed by atoms with Crippen molar-refractivity contribution in [2.24, 2.45) is 12.8 Å². The number of aromatic nitrogens is 2. The summed E-state index contributed by atoms with van der Waals surface area (Å²) in [5, 5.41) is 4.29. The van der Waals surface area contributed by atoms with Crippen LogP contribution in [0.4, 0.5) is 0 Å². The third-order valence-electron chi connectivity index (χ3n) is 1.92. The van der Waals surface area contributed by atoms with Crippen molar-refractivity contribution in [3.05, 3.63) is 18.0 Å². The minimum atomic E-state index is 0. The summed E-state index contributed by atoms with van der Waals surface area (Å²) in [5.74, 6) is 0. The normalized spacial score (nSPS) is 10.2. The topological polar surface area (TPSA) is 43.8 Å². The lowest BCUT2D eigenvalue weighted by Crippen LogP contribution is -2.28. The Kier molecular flexibility index (Phi) is 6.41. The number of nitrogens with zero attached hydrogens (tertiary/aromatic N) is 2. The van der Waals surface area contributed by atoms with E-state index in [-0.39, 0.29) is 30.2 Å². The lowest BCUT2D eigenvalue weighted by molar-refractivity contribution is 0.511. The molecule has 0 bridgehead atoms. The van der Waals surface area contributed by atoms with Gasteiger partial charge in [0.25, 0.3) is 0 Å². The number of nitrogens with two attached hydrogens (primary N) is 1. The molecule has 13 heavy (non-hydrogen) atoms. The third kappa shape index (κ3) is 3.55. The van der Waals surface area contributed by atoms with Gasteiger partial charge in [0.05, 0.1) is 5.69 Å². The molecule has 0 fully saturated rings.